The van der Waals surface area contributed by atoms with Crippen molar-refractivity contribution in [3.63, 3.8) is 0 Å². The van der Waals surface area contributed by atoms with Gasteiger partial charge in [0, 0.05) is 19.6 Å². The predicted molar refractivity (Wildman–Crippen MR) is 105 cm³/mol. The lowest BCUT2D eigenvalue weighted by atomic mass is 10.1. The Bertz CT molecular complexity index is 966. The molecule has 1 unspecified atom stereocenters. The van der Waals surface area contributed by atoms with E-state index in [1.807, 2.05) is 4.90 Å². The van der Waals surface area contributed by atoms with Gasteiger partial charge >= 0.3 is 0 Å². The van der Waals surface area contributed by atoms with E-state index in [1.54, 1.807) is 0 Å². The maximum Gasteiger partial charge on any atom is 0.257 e. The highest BCUT2D eigenvalue weighted by Gasteiger charge is 2.39. The zero-order valence-electron chi connectivity index (χ0n) is 16.2. The lowest BCUT2D eigenvalue weighted by Gasteiger charge is -2.25. The summed E-state index contributed by atoms with van der Waals surface area (Å²) >= 11 is 0. The first-order chi connectivity index (χ1) is 14.0. The van der Waals surface area contributed by atoms with Crippen molar-refractivity contribution < 1.29 is 17.6 Å². The highest BCUT2D eigenvalue weighted by Crippen LogP contribution is 2.37. The normalized spacial score (nSPS) is 21.3. The number of benzene rings is 1. The van der Waals surface area contributed by atoms with Gasteiger partial charge in [0.2, 0.25) is 10.0 Å². The number of nitrogens with zero attached hydrogens (tertiary/aromatic N) is 3. The Morgan fingerprint density at radius 2 is 1.72 bits per heavy atom. The third-order valence-corrected chi connectivity index (χ3v) is 7.67. The second kappa shape index (κ2) is 8.23. The van der Waals surface area contributed by atoms with E-state index < -0.39 is 21.9 Å². The number of hydrogen-bond acceptors (Lipinski definition) is 4. The van der Waals surface area contributed by atoms with Gasteiger partial charge in [-0.15, -0.1) is 0 Å². The van der Waals surface area contributed by atoms with E-state index >= 15 is 0 Å². The molecule has 1 aromatic heterocycles. The number of carbonyl (C=O) groups is 1. The van der Waals surface area contributed by atoms with Crippen molar-refractivity contribution in [1.82, 2.24) is 19.4 Å². The van der Waals surface area contributed by atoms with Crippen molar-refractivity contribution in [2.24, 2.45) is 0 Å². The fraction of sp³-hybridized carbons (Fsp3) is 0.500. The summed E-state index contributed by atoms with van der Waals surface area (Å²) in [5.74, 6) is -0.581. The summed E-state index contributed by atoms with van der Waals surface area (Å²) in [6.45, 7) is 1.78. The number of nitrogens with one attached hydrogen (secondary N) is 1. The number of aromatic amines is 1. The Labute approximate surface area is 169 Å². The lowest BCUT2D eigenvalue weighted by Crippen LogP contribution is -2.34. The summed E-state index contributed by atoms with van der Waals surface area (Å²) < 4.78 is 40.9. The quantitative estimate of drug-likeness (QED) is 0.824. The van der Waals surface area contributed by atoms with Crippen LogP contribution in [-0.4, -0.2) is 53.4 Å². The van der Waals surface area contributed by atoms with Crippen molar-refractivity contribution in [3.8, 4) is 0 Å². The van der Waals surface area contributed by atoms with E-state index in [1.165, 1.54) is 22.6 Å². The summed E-state index contributed by atoms with van der Waals surface area (Å²) in [5.41, 5.74) is 0.987. The molecule has 4 rings (SSSR count). The molecule has 156 valence electrons. The van der Waals surface area contributed by atoms with Crippen molar-refractivity contribution in [2.75, 3.05) is 19.6 Å². The first kappa shape index (κ1) is 20.0. The van der Waals surface area contributed by atoms with Gasteiger partial charge in [-0.25, -0.2) is 12.8 Å². The third-order valence-electron chi connectivity index (χ3n) is 5.75. The van der Waals surface area contributed by atoms with Crippen LogP contribution in [0.25, 0.3) is 0 Å². The molecule has 2 fully saturated rings. The van der Waals surface area contributed by atoms with E-state index in [4.69, 9.17) is 0 Å². The van der Waals surface area contributed by atoms with Gasteiger partial charge in [-0.2, -0.15) is 9.40 Å². The van der Waals surface area contributed by atoms with Crippen molar-refractivity contribution >= 4 is 15.9 Å². The molecular formula is C20H25FN4O3S. The maximum absolute atomic E-state index is 13.2. The largest absolute Gasteiger partial charge is 0.339 e. The maximum atomic E-state index is 13.2. The number of halogens is 1. The molecule has 2 aliphatic rings. The Hall–Kier alpha value is -2.26. The summed E-state index contributed by atoms with van der Waals surface area (Å²) in [7, 11) is -3.81. The van der Waals surface area contributed by atoms with Crippen LogP contribution in [0.15, 0.2) is 35.4 Å². The molecule has 1 N–H and O–H groups in total. The van der Waals surface area contributed by atoms with Crippen LogP contribution in [0.3, 0.4) is 0 Å². The molecule has 2 aliphatic heterocycles. The fourth-order valence-corrected chi connectivity index (χ4v) is 5.89. The SMILES string of the molecule is O=C(c1cn[nH]c1C1CCCN1S(=O)(=O)c1ccc(F)cc1)N1CCCCCC1. The summed E-state index contributed by atoms with van der Waals surface area (Å²) in [6.07, 6.45) is 6.98. The van der Waals surface area contributed by atoms with Crippen LogP contribution in [0.4, 0.5) is 4.39 Å². The van der Waals surface area contributed by atoms with Crippen LogP contribution in [0.1, 0.15) is 60.6 Å². The number of rotatable bonds is 4. The molecule has 2 aromatic rings. The molecule has 0 bridgehead atoms. The van der Waals surface area contributed by atoms with Gasteiger partial charge in [-0.05, 0) is 49.9 Å². The van der Waals surface area contributed by atoms with E-state index in [0.29, 0.717) is 43.7 Å². The Balaban J connectivity index is 1.62. The van der Waals surface area contributed by atoms with Gasteiger partial charge in [-0.1, -0.05) is 12.8 Å². The molecular weight excluding hydrogens is 395 g/mol. The standard InChI is InChI=1S/C20H25FN4O3S/c21-15-7-9-16(10-8-15)29(27,28)25-13-5-6-18(25)19-17(14-22-23-19)20(26)24-11-3-1-2-4-12-24/h7-10,14,18H,1-6,11-13H2,(H,22,23). The summed E-state index contributed by atoms with van der Waals surface area (Å²) in [5, 5.41) is 6.95. The molecule has 1 aromatic carbocycles. The lowest BCUT2D eigenvalue weighted by molar-refractivity contribution is 0.0759. The Morgan fingerprint density at radius 3 is 2.41 bits per heavy atom. The number of amides is 1. The molecule has 3 heterocycles. The van der Waals surface area contributed by atoms with E-state index in [2.05, 4.69) is 10.2 Å². The van der Waals surface area contributed by atoms with Crippen LogP contribution in [0.5, 0.6) is 0 Å². The zero-order chi connectivity index (χ0) is 20.4. The molecule has 0 saturated carbocycles. The first-order valence-electron chi connectivity index (χ1n) is 10.1. The number of likely N-dealkylation sites (tertiary alicyclic amines) is 1. The molecule has 1 atom stereocenters. The molecule has 0 aliphatic carbocycles. The molecule has 7 nitrogen and oxygen atoms in total. The van der Waals surface area contributed by atoms with E-state index in [-0.39, 0.29) is 10.8 Å². The topological polar surface area (TPSA) is 86.4 Å². The highest BCUT2D eigenvalue weighted by atomic mass is 32.2. The second-order valence-electron chi connectivity index (χ2n) is 7.63. The monoisotopic (exact) mass is 420 g/mol. The van der Waals surface area contributed by atoms with Crippen molar-refractivity contribution in [1.29, 1.82) is 0 Å². The van der Waals surface area contributed by atoms with Crippen LogP contribution < -0.4 is 0 Å². The Kier molecular flexibility index (Phi) is 5.69. The van der Waals surface area contributed by atoms with E-state index in [9.17, 15) is 17.6 Å². The van der Waals surface area contributed by atoms with Crippen LogP contribution in [0, 0.1) is 5.82 Å². The van der Waals surface area contributed by atoms with Crippen molar-refractivity contribution in [3.05, 3.63) is 47.5 Å². The number of hydrogen-bond donors (Lipinski definition) is 1. The Morgan fingerprint density at radius 1 is 1.03 bits per heavy atom. The first-order valence-corrected chi connectivity index (χ1v) is 11.5. The van der Waals surface area contributed by atoms with Gasteiger partial charge in [0.25, 0.3) is 5.91 Å². The minimum Gasteiger partial charge on any atom is -0.339 e. The zero-order valence-corrected chi connectivity index (χ0v) is 17.0. The van der Waals surface area contributed by atoms with Gasteiger partial charge in [0.1, 0.15) is 5.82 Å². The van der Waals surface area contributed by atoms with Gasteiger partial charge < -0.3 is 4.90 Å². The number of carbonyl (C=O) groups excluding carboxylic acids is 1. The smallest absolute Gasteiger partial charge is 0.257 e. The predicted octanol–water partition coefficient (Wildman–Crippen LogP) is 3.09. The minimum atomic E-state index is -3.81. The molecule has 9 heteroatoms. The van der Waals surface area contributed by atoms with Crippen molar-refractivity contribution in [2.45, 2.75) is 49.5 Å². The molecule has 29 heavy (non-hydrogen) atoms. The summed E-state index contributed by atoms with van der Waals surface area (Å²) in [4.78, 5) is 15.0. The van der Waals surface area contributed by atoms with Crippen LogP contribution in [-0.2, 0) is 10.0 Å². The van der Waals surface area contributed by atoms with Crippen LogP contribution >= 0.6 is 0 Å². The molecule has 1 amide bonds. The number of H-pyrrole nitrogens is 1. The number of sulfonamides is 1. The third kappa shape index (κ3) is 3.93. The highest BCUT2D eigenvalue weighted by molar-refractivity contribution is 7.89. The second-order valence-corrected chi connectivity index (χ2v) is 9.52. The van der Waals surface area contributed by atoms with Gasteiger partial charge in [-0.3, -0.25) is 9.89 Å². The van der Waals surface area contributed by atoms with E-state index in [0.717, 1.165) is 37.8 Å². The van der Waals surface area contributed by atoms with Crippen LogP contribution in [0.2, 0.25) is 0 Å². The molecule has 0 radical (unpaired) electrons. The number of aromatic nitrogens is 2. The summed E-state index contributed by atoms with van der Waals surface area (Å²) in [6, 6.07) is 4.34. The minimum absolute atomic E-state index is 0.0470. The van der Waals surface area contributed by atoms with Gasteiger partial charge in [0.15, 0.2) is 0 Å². The fourth-order valence-electron chi connectivity index (χ4n) is 4.22. The van der Waals surface area contributed by atoms with Gasteiger partial charge in [0.05, 0.1) is 28.4 Å². The molecule has 0 spiro atoms. The average Bonchev–Trinajstić information content (AvgIpc) is 3.31. The average molecular weight is 421 g/mol. The molecule has 2 saturated heterocycles.